The zero-order valence-electron chi connectivity index (χ0n) is 12.6. The second kappa shape index (κ2) is 7.26. The zero-order chi connectivity index (χ0) is 15.4. The molecule has 2 rings (SSSR count). The summed E-state index contributed by atoms with van der Waals surface area (Å²) in [4.78, 5) is 38.4. The predicted molar refractivity (Wildman–Crippen MR) is 82.0 cm³/mol. The number of nitrogens with one attached hydrogen (secondary N) is 1. The van der Waals surface area contributed by atoms with Crippen LogP contribution in [0.1, 0.15) is 26.7 Å². The summed E-state index contributed by atoms with van der Waals surface area (Å²) in [6, 6.07) is -0.160. The van der Waals surface area contributed by atoms with Gasteiger partial charge in [0.2, 0.25) is 11.8 Å². The van der Waals surface area contributed by atoms with Gasteiger partial charge in [0.05, 0.1) is 11.8 Å². The molecule has 3 amide bonds. The van der Waals surface area contributed by atoms with Crippen molar-refractivity contribution in [3.63, 3.8) is 0 Å². The van der Waals surface area contributed by atoms with Crippen LogP contribution in [-0.4, -0.2) is 64.8 Å². The maximum Gasteiger partial charge on any atom is 0.288 e. The molecule has 0 radical (unpaired) electrons. The molecule has 1 N–H and O–H groups in total. The van der Waals surface area contributed by atoms with Crippen LogP contribution in [0.2, 0.25) is 0 Å². The molecule has 0 saturated carbocycles. The van der Waals surface area contributed by atoms with Gasteiger partial charge < -0.3 is 5.32 Å². The maximum absolute atomic E-state index is 12.1. The monoisotopic (exact) mass is 313 g/mol. The molecular weight excluding hydrogens is 290 g/mol. The Labute approximate surface area is 129 Å². The summed E-state index contributed by atoms with van der Waals surface area (Å²) in [7, 11) is 0. The number of carbonyl (C=O) groups is 3. The molecule has 0 aliphatic carbocycles. The minimum atomic E-state index is -0.216. The van der Waals surface area contributed by atoms with Crippen molar-refractivity contribution in [1.82, 2.24) is 15.1 Å². The number of imide groups is 1. The number of likely N-dealkylation sites (tertiary alicyclic amines) is 1. The van der Waals surface area contributed by atoms with Crippen molar-refractivity contribution in [2.45, 2.75) is 32.7 Å². The number of rotatable bonds is 5. The number of hydrogen-bond donors (Lipinski definition) is 1. The van der Waals surface area contributed by atoms with Gasteiger partial charge in [0.25, 0.3) is 5.24 Å². The number of hydrogen-bond acceptors (Lipinski definition) is 5. The lowest BCUT2D eigenvalue weighted by molar-refractivity contribution is -0.128. The fourth-order valence-electron chi connectivity index (χ4n) is 2.78. The van der Waals surface area contributed by atoms with Crippen LogP contribution >= 0.6 is 11.8 Å². The summed E-state index contributed by atoms with van der Waals surface area (Å²) in [5, 5.41) is 2.61. The number of thioether (sulfide) groups is 1. The molecule has 2 aliphatic heterocycles. The van der Waals surface area contributed by atoms with E-state index < -0.39 is 0 Å². The molecule has 0 spiro atoms. The van der Waals surface area contributed by atoms with Crippen LogP contribution in [0.15, 0.2) is 0 Å². The van der Waals surface area contributed by atoms with E-state index in [-0.39, 0.29) is 35.4 Å². The third kappa shape index (κ3) is 4.20. The molecule has 0 aromatic heterocycles. The highest BCUT2D eigenvalue weighted by atomic mass is 32.2. The third-order valence-electron chi connectivity index (χ3n) is 4.09. The summed E-state index contributed by atoms with van der Waals surface area (Å²) in [6.45, 7) is 6.62. The van der Waals surface area contributed by atoms with Crippen molar-refractivity contribution in [3.05, 3.63) is 0 Å². The normalized spacial score (nSPS) is 25.2. The minimum Gasteiger partial charge on any atom is -0.353 e. The van der Waals surface area contributed by atoms with E-state index in [4.69, 9.17) is 0 Å². The molecular formula is C14H23N3O3S. The Balaban J connectivity index is 1.73. The molecule has 0 bridgehead atoms. The molecule has 2 fully saturated rings. The highest BCUT2D eigenvalue weighted by Gasteiger charge is 2.30. The Bertz CT molecular complexity index is 414. The topological polar surface area (TPSA) is 69.7 Å². The van der Waals surface area contributed by atoms with Crippen LogP contribution in [-0.2, 0) is 9.59 Å². The van der Waals surface area contributed by atoms with E-state index in [0.29, 0.717) is 12.5 Å². The summed E-state index contributed by atoms with van der Waals surface area (Å²) >= 11 is 1.02. The van der Waals surface area contributed by atoms with Gasteiger partial charge in [-0.1, -0.05) is 18.7 Å². The van der Waals surface area contributed by atoms with Crippen LogP contribution < -0.4 is 5.32 Å². The number of nitrogens with zero attached hydrogens (tertiary/aromatic N) is 2. The molecule has 2 saturated heterocycles. The molecule has 118 valence electrons. The molecule has 2 heterocycles. The third-order valence-corrected chi connectivity index (χ3v) is 4.95. The standard InChI is InChI=1S/C14H23N3O3S/c1-10-4-3-6-16(8-10)11(2)13(19)15-5-7-17-12(18)9-21-14(17)20/h10-11H,3-9H2,1-2H3,(H,15,19)/t10-,11+/m1/s1. The van der Waals surface area contributed by atoms with Gasteiger partial charge in [-0.2, -0.15) is 0 Å². The van der Waals surface area contributed by atoms with E-state index >= 15 is 0 Å². The maximum atomic E-state index is 12.1. The van der Waals surface area contributed by atoms with Gasteiger partial charge in [-0.3, -0.25) is 24.2 Å². The van der Waals surface area contributed by atoms with Gasteiger partial charge in [0.1, 0.15) is 0 Å². The average Bonchev–Trinajstić information content (AvgIpc) is 2.78. The quantitative estimate of drug-likeness (QED) is 0.817. The van der Waals surface area contributed by atoms with Gasteiger partial charge in [0.15, 0.2) is 0 Å². The molecule has 6 nitrogen and oxygen atoms in total. The fraction of sp³-hybridized carbons (Fsp3) is 0.786. The molecule has 2 atom stereocenters. The Kier molecular flexibility index (Phi) is 5.64. The van der Waals surface area contributed by atoms with Crippen LogP contribution in [0.4, 0.5) is 4.79 Å². The number of amides is 3. The minimum absolute atomic E-state index is 0.0316. The van der Waals surface area contributed by atoms with E-state index in [1.54, 1.807) is 0 Å². The molecule has 0 aromatic rings. The van der Waals surface area contributed by atoms with Crippen molar-refractivity contribution >= 4 is 28.8 Å². The van der Waals surface area contributed by atoms with E-state index in [2.05, 4.69) is 17.1 Å². The van der Waals surface area contributed by atoms with Gasteiger partial charge in [-0.05, 0) is 32.2 Å². The molecule has 0 unspecified atom stereocenters. The van der Waals surface area contributed by atoms with E-state index in [1.165, 1.54) is 11.3 Å². The number of piperidine rings is 1. The van der Waals surface area contributed by atoms with Crippen LogP contribution in [0.25, 0.3) is 0 Å². The first kappa shape index (κ1) is 16.3. The van der Waals surface area contributed by atoms with Crippen molar-refractivity contribution in [2.75, 3.05) is 31.9 Å². The first-order valence-electron chi connectivity index (χ1n) is 7.48. The highest BCUT2D eigenvalue weighted by molar-refractivity contribution is 8.14. The Morgan fingerprint density at radius 1 is 1.48 bits per heavy atom. The van der Waals surface area contributed by atoms with E-state index in [0.717, 1.165) is 31.3 Å². The van der Waals surface area contributed by atoms with Gasteiger partial charge >= 0.3 is 0 Å². The fourth-order valence-corrected chi connectivity index (χ4v) is 3.53. The van der Waals surface area contributed by atoms with Gasteiger partial charge in [-0.15, -0.1) is 0 Å². The molecule has 2 aliphatic rings. The zero-order valence-corrected chi connectivity index (χ0v) is 13.4. The van der Waals surface area contributed by atoms with Crippen LogP contribution in [0, 0.1) is 5.92 Å². The lowest BCUT2D eigenvalue weighted by Crippen LogP contribution is -2.50. The Hall–Kier alpha value is -1.08. The van der Waals surface area contributed by atoms with Gasteiger partial charge in [-0.25, -0.2) is 0 Å². The summed E-state index contributed by atoms with van der Waals surface area (Å²) in [5.74, 6) is 0.647. The predicted octanol–water partition coefficient (Wildman–Crippen LogP) is 0.918. The van der Waals surface area contributed by atoms with Gasteiger partial charge in [0, 0.05) is 19.6 Å². The summed E-state index contributed by atoms with van der Waals surface area (Å²) in [5.41, 5.74) is 0. The van der Waals surface area contributed by atoms with Crippen LogP contribution in [0.5, 0.6) is 0 Å². The van der Waals surface area contributed by atoms with E-state index in [1.807, 2.05) is 6.92 Å². The average molecular weight is 313 g/mol. The molecule has 21 heavy (non-hydrogen) atoms. The summed E-state index contributed by atoms with van der Waals surface area (Å²) < 4.78 is 0. The summed E-state index contributed by atoms with van der Waals surface area (Å²) in [6.07, 6.45) is 2.36. The molecule has 0 aromatic carbocycles. The first-order valence-corrected chi connectivity index (χ1v) is 8.46. The smallest absolute Gasteiger partial charge is 0.288 e. The van der Waals surface area contributed by atoms with Crippen molar-refractivity contribution in [2.24, 2.45) is 5.92 Å². The molecule has 7 heteroatoms. The second-order valence-electron chi connectivity index (χ2n) is 5.81. The van der Waals surface area contributed by atoms with Crippen molar-refractivity contribution < 1.29 is 14.4 Å². The Morgan fingerprint density at radius 2 is 2.24 bits per heavy atom. The van der Waals surface area contributed by atoms with Crippen LogP contribution in [0.3, 0.4) is 0 Å². The lowest BCUT2D eigenvalue weighted by Gasteiger charge is -2.34. The van der Waals surface area contributed by atoms with Crippen molar-refractivity contribution in [3.8, 4) is 0 Å². The lowest BCUT2D eigenvalue weighted by atomic mass is 9.99. The number of carbonyl (C=O) groups excluding carboxylic acids is 3. The largest absolute Gasteiger partial charge is 0.353 e. The van der Waals surface area contributed by atoms with E-state index in [9.17, 15) is 14.4 Å². The van der Waals surface area contributed by atoms with Crippen molar-refractivity contribution in [1.29, 1.82) is 0 Å². The SMILES string of the molecule is C[C@@H]1CCCN([C@@H](C)C(=O)NCCN2C(=O)CSC2=O)C1. The Morgan fingerprint density at radius 3 is 2.86 bits per heavy atom. The highest BCUT2D eigenvalue weighted by Crippen LogP contribution is 2.18. The second-order valence-corrected chi connectivity index (χ2v) is 6.74. The first-order chi connectivity index (χ1) is 9.99.